The van der Waals surface area contributed by atoms with E-state index in [-0.39, 0.29) is 17.8 Å². The Kier molecular flexibility index (Phi) is 5.81. The topological polar surface area (TPSA) is 78.4 Å². The lowest BCUT2D eigenvalue weighted by Gasteiger charge is -2.18. The first-order valence-corrected chi connectivity index (χ1v) is 10.0. The second-order valence-electron chi connectivity index (χ2n) is 7.70. The van der Waals surface area contributed by atoms with Crippen LogP contribution in [0.1, 0.15) is 29.9 Å². The number of ether oxygens (including phenoxy) is 3. The number of benzene rings is 1. The lowest BCUT2D eigenvalue weighted by atomic mass is 10.2. The molecule has 0 amide bonds. The van der Waals surface area contributed by atoms with Crippen LogP contribution < -0.4 is 14.8 Å². The molecular formula is C22H23F3N4O3. The molecule has 1 fully saturated rings. The second kappa shape index (κ2) is 8.42. The van der Waals surface area contributed by atoms with Crippen molar-refractivity contribution in [2.45, 2.75) is 38.1 Å². The molecule has 10 heteroatoms. The molecule has 1 aromatic carbocycles. The Balaban J connectivity index is 1.62. The summed E-state index contributed by atoms with van der Waals surface area (Å²) in [5.74, 6) is 2.00. The van der Waals surface area contributed by atoms with Gasteiger partial charge in [0.2, 0.25) is 0 Å². The predicted octanol–water partition coefficient (Wildman–Crippen LogP) is 4.53. The van der Waals surface area contributed by atoms with E-state index in [1.165, 1.54) is 0 Å². The largest absolute Gasteiger partial charge is 0.493 e. The number of alkyl halides is 3. The summed E-state index contributed by atoms with van der Waals surface area (Å²) in [5.41, 5.74) is -0.153. The summed E-state index contributed by atoms with van der Waals surface area (Å²) in [7, 11) is 3.21. The van der Waals surface area contributed by atoms with Gasteiger partial charge in [0.25, 0.3) is 0 Å². The molecule has 2 aromatic heterocycles. The molecule has 32 heavy (non-hydrogen) atoms. The number of halogens is 3. The molecular weight excluding hydrogens is 425 g/mol. The molecule has 0 spiro atoms. The van der Waals surface area contributed by atoms with Gasteiger partial charge in [-0.3, -0.25) is 4.98 Å². The fourth-order valence-corrected chi connectivity index (χ4v) is 3.34. The molecule has 4 rings (SSSR count). The highest BCUT2D eigenvalue weighted by Gasteiger charge is 2.44. The molecule has 1 aliphatic carbocycles. The highest BCUT2D eigenvalue weighted by molar-refractivity contribution is 5.91. The Morgan fingerprint density at radius 1 is 1.09 bits per heavy atom. The van der Waals surface area contributed by atoms with E-state index < -0.39 is 11.7 Å². The molecule has 2 heterocycles. The van der Waals surface area contributed by atoms with Gasteiger partial charge in [-0.15, -0.1) is 0 Å². The highest BCUT2D eigenvalue weighted by Crippen LogP contribution is 2.41. The van der Waals surface area contributed by atoms with Crippen LogP contribution in [-0.4, -0.2) is 41.4 Å². The van der Waals surface area contributed by atoms with Gasteiger partial charge in [0.15, 0.2) is 11.5 Å². The van der Waals surface area contributed by atoms with E-state index in [9.17, 15) is 13.2 Å². The average molecular weight is 448 g/mol. The zero-order valence-corrected chi connectivity index (χ0v) is 17.9. The first-order chi connectivity index (χ1) is 15.2. The summed E-state index contributed by atoms with van der Waals surface area (Å²) in [6, 6.07) is 5.47. The number of aryl methyl sites for hydroxylation is 1. The molecule has 0 saturated heterocycles. The molecule has 170 valence electrons. The van der Waals surface area contributed by atoms with Crippen LogP contribution in [0.15, 0.2) is 30.5 Å². The zero-order valence-electron chi connectivity index (χ0n) is 17.9. The van der Waals surface area contributed by atoms with E-state index in [2.05, 4.69) is 20.3 Å². The summed E-state index contributed by atoms with van der Waals surface area (Å²) in [6.45, 7) is 2.18. The molecule has 3 aromatic rings. The standard InChI is InChI=1S/C22H23F3N4O3/c1-13-28-17-10-18(30-2)19(32-12-21(31-3)5-6-21)9-16(17)20(29-13)27-11-15-8-14(4-7-26-15)22(23,24)25/h4,7-10H,5-6,11-12H2,1-3H3,(H,27,28,29). The van der Waals surface area contributed by atoms with Crippen molar-refractivity contribution in [2.75, 3.05) is 26.1 Å². The van der Waals surface area contributed by atoms with Crippen LogP contribution in [0, 0.1) is 6.92 Å². The van der Waals surface area contributed by atoms with E-state index in [1.807, 2.05) is 0 Å². The van der Waals surface area contributed by atoms with Gasteiger partial charge in [-0.05, 0) is 38.0 Å². The van der Waals surface area contributed by atoms with Crippen molar-refractivity contribution in [1.29, 1.82) is 0 Å². The van der Waals surface area contributed by atoms with Crippen molar-refractivity contribution in [1.82, 2.24) is 15.0 Å². The Morgan fingerprint density at radius 3 is 2.53 bits per heavy atom. The Hall–Kier alpha value is -3.14. The summed E-state index contributed by atoms with van der Waals surface area (Å²) in [4.78, 5) is 12.9. The molecule has 0 aliphatic heterocycles. The molecule has 0 radical (unpaired) electrons. The van der Waals surface area contributed by atoms with E-state index in [0.717, 1.165) is 31.2 Å². The summed E-state index contributed by atoms with van der Waals surface area (Å²) >= 11 is 0. The van der Waals surface area contributed by atoms with Crippen LogP contribution in [-0.2, 0) is 17.5 Å². The second-order valence-corrected chi connectivity index (χ2v) is 7.70. The third-order valence-corrected chi connectivity index (χ3v) is 5.41. The van der Waals surface area contributed by atoms with Gasteiger partial charge >= 0.3 is 6.18 Å². The third kappa shape index (κ3) is 4.69. The quantitative estimate of drug-likeness (QED) is 0.542. The number of pyridine rings is 1. The minimum atomic E-state index is -4.43. The summed E-state index contributed by atoms with van der Waals surface area (Å²) in [5, 5.41) is 3.74. The number of rotatable bonds is 8. The van der Waals surface area contributed by atoms with Gasteiger partial charge in [-0.25, -0.2) is 9.97 Å². The number of anilines is 1. The van der Waals surface area contributed by atoms with Gasteiger partial charge in [-0.2, -0.15) is 13.2 Å². The molecule has 1 N–H and O–H groups in total. The van der Waals surface area contributed by atoms with Crippen molar-refractivity contribution in [3.63, 3.8) is 0 Å². The van der Waals surface area contributed by atoms with Gasteiger partial charge in [0.1, 0.15) is 23.9 Å². The fraction of sp³-hybridized carbons (Fsp3) is 0.409. The van der Waals surface area contributed by atoms with Crippen molar-refractivity contribution in [2.24, 2.45) is 0 Å². The average Bonchev–Trinajstić information content (AvgIpc) is 3.55. The Labute approximate surface area is 182 Å². The minimum Gasteiger partial charge on any atom is -0.493 e. The monoisotopic (exact) mass is 448 g/mol. The van der Waals surface area contributed by atoms with E-state index >= 15 is 0 Å². The van der Waals surface area contributed by atoms with Crippen LogP contribution in [0.3, 0.4) is 0 Å². The zero-order chi connectivity index (χ0) is 22.9. The maximum atomic E-state index is 13.0. The number of methoxy groups -OCH3 is 2. The molecule has 0 unspecified atom stereocenters. The van der Waals surface area contributed by atoms with Crippen LogP contribution in [0.4, 0.5) is 19.0 Å². The van der Waals surface area contributed by atoms with Crippen molar-refractivity contribution < 1.29 is 27.4 Å². The summed E-state index contributed by atoms with van der Waals surface area (Å²) in [6.07, 6.45) is -1.43. The van der Waals surface area contributed by atoms with Gasteiger partial charge in [-0.1, -0.05) is 0 Å². The lowest BCUT2D eigenvalue weighted by molar-refractivity contribution is -0.137. The SMILES string of the molecule is COc1cc2nc(C)nc(NCc3cc(C(F)(F)F)ccn3)c2cc1OCC1(OC)CC1. The van der Waals surface area contributed by atoms with E-state index in [4.69, 9.17) is 14.2 Å². The molecule has 0 atom stereocenters. The van der Waals surface area contributed by atoms with Gasteiger partial charge in [0.05, 0.1) is 30.4 Å². The number of hydrogen-bond acceptors (Lipinski definition) is 7. The predicted molar refractivity (Wildman–Crippen MR) is 112 cm³/mol. The number of hydrogen-bond donors (Lipinski definition) is 1. The summed E-state index contributed by atoms with van der Waals surface area (Å²) < 4.78 is 55.9. The third-order valence-electron chi connectivity index (χ3n) is 5.41. The minimum absolute atomic E-state index is 0.0600. The smallest absolute Gasteiger partial charge is 0.416 e. The maximum absolute atomic E-state index is 13.0. The molecule has 1 aliphatic rings. The number of nitrogens with zero attached hydrogens (tertiary/aromatic N) is 3. The molecule has 7 nitrogen and oxygen atoms in total. The normalized spacial score (nSPS) is 14.9. The Morgan fingerprint density at radius 2 is 1.88 bits per heavy atom. The highest BCUT2D eigenvalue weighted by atomic mass is 19.4. The molecule has 0 bridgehead atoms. The lowest BCUT2D eigenvalue weighted by Crippen LogP contribution is -2.21. The first-order valence-electron chi connectivity index (χ1n) is 10.0. The first kappa shape index (κ1) is 22.1. The fourth-order valence-electron chi connectivity index (χ4n) is 3.34. The van der Waals surface area contributed by atoms with Crippen molar-refractivity contribution in [3.05, 3.63) is 47.5 Å². The van der Waals surface area contributed by atoms with Crippen LogP contribution in [0.25, 0.3) is 10.9 Å². The maximum Gasteiger partial charge on any atom is 0.416 e. The number of fused-ring (bicyclic) bond motifs is 1. The molecule has 1 saturated carbocycles. The van der Waals surface area contributed by atoms with E-state index in [1.54, 1.807) is 33.3 Å². The van der Waals surface area contributed by atoms with Crippen molar-refractivity contribution >= 4 is 16.7 Å². The van der Waals surface area contributed by atoms with Crippen LogP contribution in [0.5, 0.6) is 11.5 Å². The Bertz CT molecular complexity index is 1130. The van der Waals surface area contributed by atoms with Gasteiger partial charge in [0, 0.05) is 24.8 Å². The van der Waals surface area contributed by atoms with Gasteiger partial charge < -0.3 is 19.5 Å². The number of aromatic nitrogens is 3. The van der Waals surface area contributed by atoms with E-state index in [0.29, 0.717) is 40.7 Å². The van der Waals surface area contributed by atoms with Crippen LogP contribution >= 0.6 is 0 Å². The van der Waals surface area contributed by atoms with Crippen molar-refractivity contribution in [3.8, 4) is 11.5 Å². The number of nitrogens with one attached hydrogen (secondary N) is 1. The van der Waals surface area contributed by atoms with Crippen LogP contribution in [0.2, 0.25) is 0 Å².